The first-order valence-electron chi connectivity index (χ1n) is 8.09. The van der Waals surface area contributed by atoms with Crippen molar-refractivity contribution in [3.63, 3.8) is 0 Å². The summed E-state index contributed by atoms with van der Waals surface area (Å²) in [5.74, 6) is 0.467. The predicted octanol–water partition coefficient (Wildman–Crippen LogP) is 3.06. The zero-order valence-corrected chi connectivity index (χ0v) is 13.1. The van der Waals surface area contributed by atoms with Gasteiger partial charge in [-0.05, 0) is 32.3 Å². The van der Waals surface area contributed by atoms with Gasteiger partial charge in [-0.3, -0.25) is 4.79 Å². The van der Waals surface area contributed by atoms with E-state index in [1.165, 1.54) is 25.7 Å². The van der Waals surface area contributed by atoms with Gasteiger partial charge in [0, 0.05) is 18.3 Å². The Balaban J connectivity index is 2.05. The van der Waals surface area contributed by atoms with E-state index in [-0.39, 0.29) is 5.91 Å². The summed E-state index contributed by atoms with van der Waals surface area (Å²) in [5, 5.41) is 6.27. The van der Waals surface area contributed by atoms with E-state index in [0.717, 1.165) is 25.0 Å². The van der Waals surface area contributed by atoms with Crippen molar-refractivity contribution in [2.24, 2.45) is 0 Å². The highest BCUT2D eigenvalue weighted by Gasteiger charge is 2.15. The summed E-state index contributed by atoms with van der Waals surface area (Å²) >= 11 is 0. The molecule has 1 aliphatic carbocycles. The molecule has 0 unspecified atom stereocenters. The Hall–Kier alpha value is -1.65. The number of nitrogens with zero attached hydrogens (tertiary/aromatic N) is 2. The van der Waals surface area contributed by atoms with E-state index >= 15 is 0 Å². The lowest BCUT2D eigenvalue weighted by atomic mass is 10.1. The first-order chi connectivity index (χ1) is 10.2. The number of carbonyl (C=O) groups is 1. The molecular formula is C16H26N4O. The molecular weight excluding hydrogens is 264 g/mol. The fraction of sp³-hybridized carbons (Fsp3) is 0.688. The molecule has 116 valence electrons. The zero-order valence-electron chi connectivity index (χ0n) is 13.1. The molecule has 0 atom stereocenters. The topological polar surface area (TPSA) is 66.9 Å². The monoisotopic (exact) mass is 290 g/mol. The average molecular weight is 290 g/mol. The molecule has 0 bridgehead atoms. The summed E-state index contributed by atoms with van der Waals surface area (Å²) < 4.78 is 0. The lowest BCUT2D eigenvalue weighted by molar-refractivity contribution is 0.0948. The molecule has 1 aromatic heterocycles. The molecule has 0 saturated heterocycles. The number of carbonyl (C=O) groups excluding carboxylic acids is 1. The van der Waals surface area contributed by atoms with Crippen molar-refractivity contribution >= 4 is 11.9 Å². The SMILES string of the molecule is CCCNC(=O)c1cc(C)nc(NC2CCCCCC2)n1. The summed E-state index contributed by atoms with van der Waals surface area (Å²) in [6, 6.07) is 2.17. The van der Waals surface area contributed by atoms with Crippen LogP contribution in [0, 0.1) is 6.92 Å². The van der Waals surface area contributed by atoms with Gasteiger partial charge in [-0.25, -0.2) is 9.97 Å². The molecule has 1 heterocycles. The summed E-state index contributed by atoms with van der Waals surface area (Å²) in [6.45, 7) is 4.61. The number of nitrogens with one attached hydrogen (secondary N) is 2. The van der Waals surface area contributed by atoms with Gasteiger partial charge in [-0.2, -0.15) is 0 Å². The van der Waals surface area contributed by atoms with E-state index in [0.29, 0.717) is 24.2 Å². The number of hydrogen-bond donors (Lipinski definition) is 2. The Kier molecular flexibility index (Phi) is 5.96. The number of aryl methyl sites for hydroxylation is 1. The van der Waals surface area contributed by atoms with Crippen molar-refractivity contribution in [1.82, 2.24) is 15.3 Å². The van der Waals surface area contributed by atoms with Crippen molar-refractivity contribution in [2.45, 2.75) is 64.8 Å². The van der Waals surface area contributed by atoms with Crippen LogP contribution in [0.5, 0.6) is 0 Å². The van der Waals surface area contributed by atoms with Gasteiger partial charge in [-0.15, -0.1) is 0 Å². The molecule has 1 fully saturated rings. The highest BCUT2D eigenvalue weighted by Crippen LogP contribution is 2.20. The lowest BCUT2D eigenvalue weighted by Gasteiger charge is -2.16. The standard InChI is InChI=1S/C16H26N4O/c1-3-10-17-15(21)14-11-12(2)18-16(20-14)19-13-8-6-4-5-7-9-13/h11,13H,3-10H2,1-2H3,(H,17,21)(H,18,19,20). The van der Waals surface area contributed by atoms with Crippen LogP contribution >= 0.6 is 0 Å². The predicted molar refractivity (Wildman–Crippen MR) is 84.5 cm³/mol. The highest BCUT2D eigenvalue weighted by atomic mass is 16.1. The lowest BCUT2D eigenvalue weighted by Crippen LogP contribution is -2.26. The summed E-state index contributed by atoms with van der Waals surface area (Å²) in [6.07, 6.45) is 8.39. The average Bonchev–Trinajstić information content (AvgIpc) is 2.72. The first-order valence-corrected chi connectivity index (χ1v) is 8.09. The van der Waals surface area contributed by atoms with E-state index < -0.39 is 0 Å². The molecule has 21 heavy (non-hydrogen) atoms. The Morgan fingerprint density at radius 1 is 1.24 bits per heavy atom. The first kappa shape index (κ1) is 15.7. The molecule has 1 amide bonds. The third-order valence-electron chi connectivity index (χ3n) is 3.81. The summed E-state index contributed by atoms with van der Waals surface area (Å²) in [7, 11) is 0. The van der Waals surface area contributed by atoms with Crippen LogP contribution in [0.1, 0.15) is 68.1 Å². The molecule has 1 saturated carbocycles. The van der Waals surface area contributed by atoms with Gasteiger partial charge < -0.3 is 10.6 Å². The van der Waals surface area contributed by atoms with E-state index in [4.69, 9.17) is 0 Å². The maximum atomic E-state index is 12.0. The van der Waals surface area contributed by atoms with Crippen LogP contribution in [0.4, 0.5) is 5.95 Å². The molecule has 0 radical (unpaired) electrons. The van der Waals surface area contributed by atoms with Gasteiger partial charge in [0.05, 0.1) is 0 Å². The van der Waals surface area contributed by atoms with Crippen molar-refractivity contribution in [2.75, 3.05) is 11.9 Å². The molecule has 5 heteroatoms. The normalized spacial score (nSPS) is 16.3. The van der Waals surface area contributed by atoms with Crippen LogP contribution in [0.2, 0.25) is 0 Å². The van der Waals surface area contributed by atoms with Gasteiger partial charge in [-0.1, -0.05) is 32.6 Å². The Labute approximate surface area is 127 Å². The maximum absolute atomic E-state index is 12.0. The van der Waals surface area contributed by atoms with Gasteiger partial charge in [0.1, 0.15) is 5.69 Å². The van der Waals surface area contributed by atoms with Gasteiger partial charge in [0.25, 0.3) is 5.91 Å². The largest absolute Gasteiger partial charge is 0.351 e. The third-order valence-corrected chi connectivity index (χ3v) is 3.81. The summed E-state index contributed by atoms with van der Waals surface area (Å²) in [4.78, 5) is 20.8. The number of rotatable bonds is 5. The highest BCUT2D eigenvalue weighted by molar-refractivity contribution is 5.92. The molecule has 0 spiro atoms. The number of anilines is 1. The molecule has 0 aliphatic heterocycles. The van der Waals surface area contributed by atoms with Crippen molar-refractivity contribution in [3.8, 4) is 0 Å². The van der Waals surface area contributed by atoms with E-state index in [1.54, 1.807) is 6.07 Å². The summed E-state index contributed by atoms with van der Waals surface area (Å²) in [5.41, 5.74) is 1.27. The van der Waals surface area contributed by atoms with Crippen LogP contribution in [0.25, 0.3) is 0 Å². The van der Waals surface area contributed by atoms with Gasteiger partial charge >= 0.3 is 0 Å². The fourth-order valence-electron chi connectivity index (χ4n) is 2.68. The van der Waals surface area contributed by atoms with Crippen LogP contribution in [0.3, 0.4) is 0 Å². The Morgan fingerprint density at radius 2 is 1.95 bits per heavy atom. The third kappa shape index (κ3) is 4.99. The minimum Gasteiger partial charge on any atom is -0.351 e. The second-order valence-corrected chi connectivity index (χ2v) is 5.81. The van der Waals surface area contributed by atoms with Crippen LogP contribution in [0.15, 0.2) is 6.07 Å². The molecule has 0 aromatic carbocycles. The molecule has 2 rings (SSSR count). The fourth-order valence-corrected chi connectivity index (χ4v) is 2.68. The number of aromatic nitrogens is 2. The second kappa shape index (κ2) is 7.96. The van der Waals surface area contributed by atoms with Crippen molar-refractivity contribution < 1.29 is 4.79 Å². The minimum atomic E-state index is -0.119. The van der Waals surface area contributed by atoms with Gasteiger partial charge in [0.15, 0.2) is 0 Å². The Bertz CT molecular complexity index is 467. The van der Waals surface area contributed by atoms with Crippen LogP contribution < -0.4 is 10.6 Å². The zero-order chi connectivity index (χ0) is 15.1. The molecule has 1 aromatic rings. The quantitative estimate of drug-likeness (QED) is 0.818. The van der Waals surface area contributed by atoms with E-state index in [2.05, 4.69) is 20.6 Å². The maximum Gasteiger partial charge on any atom is 0.270 e. The molecule has 5 nitrogen and oxygen atoms in total. The van der Waals surface area contributed by atoms with Crippen molar-refractivity contribution in [3.05, 3.63) is 17.5 Å². The van der Waals surface area contributed by atoms with E-state index in [9.17, 15) is 4.79 Å². The second-order valence-electron chi connectivity index (χ2n) is 5.81. The number of hydrogen-bond acceptors (Lipinski definition) is 4. The van der Waals surface area contributed by atoms with Crippen LogP contribution in [-0.4, -0.2) is 28.5 Å². The van der Waals surface area contributed by atoms with E-state index in [1.807, 2.05) is 13.8 Å². The smallest absolute Gasteiger partial charge is 0.270 e. The van der Waals surface area contributed by atoms with Crippen molar-refractivity contribution in [1.29, 1.82) is 0 Å². The molecule has 1 aliphatic rings. The number of amides is 1. The minimum absolute atomic E-state index is 0.119. The van der Waals surface area contributed by atoms with Gasteiger partial charge in [0.2, 0.25) is 5.95 Å². The molecule has 2 N–H and O–H groups in total. The van der Waals surface area contributed by atoms with Crippen LogP contribution in [-0.2, 0) is 0 Å². The Morgan fingerprint density at radius 3 is 2.62 bits per heavy atom.